The zero-order chi connectivity index (χ0) is 13.3. The van der Waals surface area contributed by atoms with Gasteiger partial charge in [-0.15, -0.1) is 0 Å². The molecule has 0 bridgehead atoms. The predicted molar refractivity (Wildman–Crippen MR) is 72.9 cm³/mol. The van der Waals surface area contributed by atoms with Crippen molar-refractivity contribution in [2.75, 3.05) is 6.54 Å². The van der Waals surface area contributed by atoms with Crippen molar-refractivity contribution >= 4 is 16.8 Å². The molecule has 4 heteroatoms. The van der Waals surface area contributed by atoms with Gasteiger partial charge in [-0.1, -0.05) is 13.8 Å². The Morgan fingerprint density at radius 1 is 1.44 bits per heavy atom. The lowest BCUT2D eigenvalue weighted by Gasteiger charge is -2.07. The maximum Gasteiger partial charge on any atom is 0.176 e. The van der Waals surface area contributed by atoms with E-state index >= 15 is 0 Å². The lowest BCUT2D eigenvalue weighted by atomic mass is 10.1. The monoisotopic (exact) mass is 245 g/mol. The Labute approximate surface area is 107 Å². The van der Waals surface area contributed by atoms with Gasteiger partial charge in [-0.05, 0) is 25.1 Å². The van der Waals surface area contributed by atoms with E-state index in [4.69, 9.17) is 0 Å². The summed E-state index contributed by atoms with van der Waals surface area (Å²) in [5.41, 5.74) is 2.65. The summed E-state index contributed by atoms with van der Waals surface area (Å²) in [6.07, 6.45) is 0. The highest BCUT2D eigenvalue weighted by molar-refractivity contribution is 6.00. The number of carbonyl (C=O) groups excluding carboxylic acids is 1. The van der Waals surface area contributed by atoms with Crippen molar-refractivity contribution in [1.29, 1.82) is 0 Å². The summed E-state index contributed by atoms with van der Waals surface area (Å²) in [5.74, 6) is 1.06. The van der Waals surface area contributed by atoms with E-state index in [-0.39, 0.29) is 5.78 Å². The summed E-state index contributed by atoms with van der Waals surface area (Å²) >= 11 is 0. The van der Waals surface area contributed by atoms with Crippen LogP contribution in [0.25, 0.3) is 11.0 Å². The first-order chi connectivity index (χ1) is 8.49. The summed E-state index contributed by atoms with van der Waals surface area (Å²) in [5, 5.41) is 3.13. The van der Waals surface area contributed by atoms with Gasteiger partial charge in [0.2, 0.25) is 0 Å². The van der Waals surface area contributed by atoms with E-state index in [1.54, 1.807) is 0 Å². The third-order valence-corrected chi connectivity index (χ3v) is 3.10. The normalized spacial score (nSPS) is 11.4. The van der Waals surface area contributed by atoms with Gasteiger partial charge < -0.3 is 9.88 Å². The highest BCUT2D eigenvalue weighted by Crippen LogP contribution is 2.16. The zero-order valence-corrected chi connectivity index (χ0v) is 11.3. The number of aryl methyl sites for hydroxylation is 2. The van der Waals surface area contributed by atoms with E-state index < -0.39 is 0 Å². The second-order valence-electron chi connectivity index (χ2n) is 4.88. The third-order valence-electron chi connectivity index (χ3n) is 3.10. The average molecular weight is 245 g/mol. The molecule has 4 nitrogen and oxygen atoms in total. The van der Waals surface area contributed by atoms with E-state index in [1.165, 1.54) is 0 Å². The van der Waals surface area contributed by atoms with Gasteiger partial charge in [-0.2, -0.15) is 0 Å². The molecule has 0 aliphatic heterocycles. The largest absolute Gasteiger partial charge is 0.331 e. The first kappa shape index (κ1) is 12.8. The van der Waals surface area contributed by atoms with Gasteiger partial charge in [0, 0.05) is 18.7 Å². The van der Waals surface area contributed by atoms with Crippen molar-refractivity contribution in [2.45, 2.75) is 26.8 Å². The van der Waals surface area contributed by atoms with E-state index in [0.29, 0.717) is 18.2 Å². The molecule has 1 aromatic carbocycles. The molecule has 2 rings (SSSR count). The summed E-state index contributed by atoms with van der Waals surface area (Å²) in [7, 11) is 1.98. The van der Waals surface area contributed by atoms with Gasteiger partial charge in [-0.3, -0.25) is 4.79 Å². The number of carbonyl (C=O) groups is 1. The van der Waals surface area contributed by atoms with E-state index in [1.807, 2.05) is 50.6 Å². The van der Waals surface area contributed by atoms with E-state index in [0.717, 1.165) is 16.9 Å². The first-order valence-electron chi connectivity index (χ1n) is 6.18. The summed E-state index contributed by atoms with van der Waals surface area (Å²) in [6, 6.07) is 6.01. The van der Waals surface area contributed by atoms with Crippen LogP contribution >= 0.6 is 0 Å². The Balaban J connectivity index is 2.27. The molecule has 0 saturated carbocycles. The third kappa shape index (κ3) is 2.43. The van der Waals surface area contributed by atoms with Crippen LogP contribution in [-0.4, -0.2) is 27.9 Å². The molecule has 1 N–H and O–H groups in total. The van der Waals surface area contributed by atoms with Crippen molar-refractivity contribution in [2.24, 2.45) is 7.05 Å². The van der Waals surface area contributed by atoms with Crippen LogP contribution in [0.4, 0.5) is 0 Å². The van der Waals surface area contributed by atoms with Crippen LogP contribution in [0.15, 0.2) is 18.2 Å². The van der Waals surface area contributed by atoms with E-state index in [9.17, 15) is 4.79 Å². The van der Waals surface area contributed by atoms with Gasteiger partial charge in [0.05, 0.1) is 17.6 Å². The maximum atomic E-state index is 12.0. The molecule has 18 heavy (non-hydrogen) atoms. The molecule has 1 aromatic heterocycles. The van der Waals surface area contributed by atoms with Crippen molar-refractivity contribution in [1.82, 2.24) is 14.9 Å². The number of benzene rings is 1. The Morgan fingerprint density at radius 2 is 2.17 bits per heavy atom. The summed E-state index contributed by atoms with van der Waals surface area (Å²) < 4.78 is 2.02. The molecule has 96 valence electrons. The predicted octanol–water partition coefficient (Wildman–Crippen LogP) is 2.06. The van der Waals surface area contributed by atoms with Gasteiger partial charge in [0.1, 0.15) is 5.82 Å². The number of nitrogens with one attached hydrogen (secondary N) is 1. The highest BCUT2D eigenvalue weighted by Gasteiger charge is 2.10. The number of Topliss-reactive ketones (excluding diaryl/α,β-unsaturated/α-hetero) is 1. The van der Waals surface area contributed by atoms with Gasteiger partial charge in [0.15, 0.2) is 5.78 Å². The van der Waals surface area contributed by atoms with Crippen LogP contribution in [-0.2, 0) is 7.05 Å². The number of imidazole rings is 1. The molecule has 0 unspecified atom stereocenters. The number of ketones is 1. The Morgan fingerprint density at radius 3 is 2.83 bits per heavy atom. The fourth-order valence-corrected chi connectivity index (χ4v) is 1.89. The second-order valence-corrected chi connectivity index (χ2v) is 4.88. The quantitative estimate of drug-likeness (QED) is 0.839. The summed E-state index contributed by atoms with van der Waals surface area (Å²) in [4.78, 5) is 16.4. The SMILES string of the molecule is Cc1nc2cc(C(=O)CNC(C)C)ccc2n1C. The van der Waals surface area contributed by atoms with Crippen molar-refractivity contribution < 1.29 is 4.79 Å². The molecule has 0 saturated heterocycles. The molecule has 0 amide bonds. The Bertz CT molecular complexity index is 584. The number of hydrogen-bond donors (Lipinski definition) is 1. The van der Waals surface area contributed by atoms with Gasteiger partial charge >= 0.3 is 0 Å². The van der Waals surface area contributed by atoms with Crippen molar-refractivity contribution in [3.8, 4) is 0 Å². The molecular formula is C14H19N3O. The minimum absolute atomic E-state index is 0.105. The first-order valence-corrected chi connectivity index (χ1v) is 6.18. The van der Waals surface area contributed by atoms with Crippen molar-refractivity contribution in [3.05, 3.63) is 29.6 Å². The molecule has 0 radical (unpaired) electrons. The molecular weight excluding hydrogens is 226 g/mol. The van der Waals surface area contributed by atoms with E-state index in [2.05, 4.69) is 10.3 Å². The number of rotatable bonds is 4. The maximum absolute atomic E-state index is 12.0. The smallest absolute Gasteiger partial charge is 0.176 e. The molecule has 0 spiro atoms. The average Bonchev–Trinajstić information content (AvgIpc) is 2.61. The van der Waals surface area contributed by atoms with Crippen LogP contribution in [0.2, 0.25) is 0 Å². The number of hydrogen-bond acceptors (Lipinski definition) is 3. The van der Waals surface area contributed by atoms with Crippen LogP contribution < -0.4 is 5.32 Å². The molecule has 0 aliphatic carbocycles. The molecule has 1 heterocycles. The van der Waals surface area contributed by atoms with Crippen LogP contribution in [0.3, 0.4) is 0 Å². The number of aromatic nitrogens is 2. The number of fused-ring (bicyclic) bond motifs is 1. The standard InChI is InChI=1S/C14H19N3O/c1-9(2)15-8-14(18)11-5-6-13-12(7-11)16-10(3)17(13)4/h5-7,9,15H,8H2,1-4H3. The fourth-order valence-electron chi connectivity index (χ4n) is 1.89. The second kappa shape index (κ2) is 4.90. The minimum atomic E-state index is 0.105. The topological polar surface area (TPSA) is 46.9 Å². The lowest BCUT2D eigenvalue weighted by molar-refractivity contribution is 0.0988. The van der Waals surface area contributed by atoms with Crippen LogP contribution in [0.1, 0.15) is 30.0 Å². The van der Waals surface area contributed by atoms with Crippen molar-refractivity contribution in [3.63, 3.8) is 0 Å². The fraction of sp³-hybridized carbons (Fsp3) is 0.429. The Hall–Kier alpha value is -1.68. The summed E-state index contributed by atoms with van der Waals surface area (Å²) in [6.45, 7) is 6.38. The van der Waals surface area contributed by atoms with Gasteiger partial charge in [0.25, 0.3) is 0 Å². The molecule has 0 aliphatic rings. The highest BCUT2D eigenvalue weighted by atomic mass is 16.1. The zero-order valence-electron chi connectivity index (χ0n) is 11.3. The Kier molecular flexibility index (Phi) is 3.48. The minimum Gasteiger partial charge on any atom is -0.331 e. The molecule has 2 aromatic rings. The molecule has 0 atom stereocenters. The molecule has 0 fully saturated rings. The van der Waals surface area contributed by atoms with Crippen LogP contribution in [0.5, 0.6) is 0 Å². The number of nitrogens with zero attached hydrogens (tertiary/aromatic N) is 2. The lowest BCUT2D eigenvalue weighted by Crippen LogP contribution is -2.29. The van der Waals surface area contributed by atoms with Crippen LogP contribution in [0, 0.1) is 6.92 Å². The van der Waals surface area contributed by atoms with Gasteiger partial charge in [-0.25, -0.2) is 4.98 Å².